The first-order valence-corrected chi connectivity index (χ1v) is 11.9. The second-order valence-electron chi connectivity index (χ2n) is 9.45. The molecular formula is C26H36F2O. The molecule has 4 rings (SSSR count). The van der Waals surface area contributed by atoms with Gasteiger partial charge in [0.15, 0.2) is 11.6 Å². The number of fused-ring (bicyclic) bond motifs is 1. The van der Waals surface area contributed by atoms with Gasteiger partial charge in [-0.3, -0.25) is 0 Å². The van der Waals surface area contributed by atoms with Gasteiger partial charge in [-0.25, -0.2) is 4.39 Å². The van der Waals surface area contributed by atoms with Gasteiger partial charge >= 0.3 is 0 Å². The van der Waals surface area contributed by atoms with Crippen molar-refractivity contribution in [3.63, 3.8) is 0 Å². The van der Waals surface area contributed by atoms with Gasteiger partial charge in [0.1, 0.15) is 0 Å². The highest BCUT2D eigenvalue weighted by Crippen LogP contribution is 2.54. The summed E-state index contributed by atoms with van der Waals surface area (Å²) in [5, 5.41) is 0. The summed E-state index contributed by atoms with van der Waals surface area (Å²) >= 11 is 0. The maximum atomic E-state index is 14.6. The lowest BCUT2D eigenvalue weighted by atomic mass is 9.73. The van der Waals surface area contributed by atoms with E-state index in [0.29, 0.717) is 18.1 Å². The molecule has 1 aromatic carbocycles. The third-order valence-electron chi connectivity index (χ3n) is 7.97. The lowest BCUT2D eigenvalue weighted by Crippen LogP contribution is -2.20. The van der Waals surface area contributed by atoms with Crippen LogP contribution in [0.3, 0.4) is 0 Å². The van der Waals surface area contributed by atoms with Crippen LogP contribution in [-0.4, -0.2) is 6.61 Å². The van der Waals surface area contributed by atoms with Gasteiger partial charge in [-0.05, 0) is 93.1 Å². The van der Waals surface area contributed by atoms with Crippen molar-refractivity contribution in [3.05, 3.63) is 41.0 Å². The van der Waals surface area contributed by atoms with E-state index in [1.807, 2.05) is 0 Å². The second kappa shape index (κ2) is 9.18. The lowest BCUT2D eigenvalue weighted by molar-refractivity contribution is 0.297. The monoisotopic (exact) mass is 402 g/mol. The predicted octanol–water partition coefficient (Wildman–Crippen LogP) is 7.80. The third-order valence-corrected chi connectivity index (χ3v) is 7.97. The van der Waals surface area contributed by atoms with E-state index in [-0.39, 0.29) is 11.7 Å². The van der Waals surface area contributed by atoms with Crippen molar-refractivity contribution in [1.82, 2.24) is 0 Å². The van der Waals surface area contributed by atoms with Crippen molar-refractivity contribution < 1.29 is 13.5 Å². The Labute approximate surface area is 174 Å². The Morgan fingerprint density at radius 3 is 2.41 bits per heavy atom. The standard InChI is InChI=1S/C26H36F2O/c1-3-5-6-17-11-12-23-20(17)13-14-21(23)18-7-9-19(10-8-18)22-15-16-24(29-4-2)26(28)25(22)27/h14-20,23H,3-13H2,1-2H3. The summed E-state index contributed by atoms with van der Waals surface area (Å²) in [6, 6.07) is 3.34. The van der Waals surface area contributed by atoms with Crippen LogP contribution in [0.5, 0.6) is 5.75 Å². The maximum absolute atomic E-state index is 14.6. The van der Waals surface area contributed by atoms with E-state index < -0.39 is 11.6 Å². The van der Waals surface area contributed by atoms with Gasteiger partial charge in [-0.1, -0.05) is 43.9 Å². The molecule has 2 fully saturated rings. The number of ether oxygens (including phenoxy) is 1. The van der Waals surface area contributed by atoms with E-state index in [9.17, 15) is 8.78 Å². The topological polar surface area (TPSA) is 9.23 Å². The zero-order valence-corrected chi connectivity index (χ0v) is 18.1. The highest BCUT2D eigenvalue weighted by atomic mass is 19.2. The fourth-order valence-electron chi connectivity index (χ4n) is 6.51. The van der Waals surface area contributed by atoms with Crippen LogP contribution in [0, 0.1) is 35.3 Å². The zero-order chi connectivity index (χ0) is 20.4. The summed E-state index contributed by atoms with van der Waals surface area (Å²) in [7, 11) is 0. The van der Waals surface area contributed by atoms with Crippen LogP contribution in [0.1, 0.15) is 89.5 Å². The van der Waals surface area contributed by atoms with E-state index >= 15 is 0 Å². The van der Waals surface area contributed by atoms with Gasteiger partial charge in [0.05, 0.1) is 6.61 Å². The van der Waals surface area contributed by atoms with Crippen LogP contribution in [0.15, 0.2) is 23.8 Å². The Bertz CT molecular complexity index is 732. The molecule has 3 atom stereocenters. The average Bonchev–Trinajstić information content (AvgIpc) is 3.33. The molecule has 0 N–H and O–H groups in total. The minimum absolute atomic E-state index is 0.0310. The van der Waals surface area contributed by atoms with Gasteiger partial charge in [0, 0.05) is 0 Å². The molecule has 0 aliphatic heterocycles. The van der Waals surface area contributed by atoms with E-state index in [2.05, 4.69) is 13.0 Å². The zero-order valence-electron chi connectivity index (χ0n) is 18.1. The molecule has 3 aliphatic carbocycles. The SMILES string of the molecule is CCCCC1CCC2C(C3CCC(c4ccc(OCC)c(F)c4F)CC3)=CCC12. The Morgan fingerprint density at radius 1 is 0.931 bits per heavy atom. The van der Waals surface area contributed by atoms with Crippen LogP contribution in [0.2, 0.25) is 0 Å². The number of allylic oxidation sites excluding steroid dienone is 2. The summed E-state index contributed by atoms with van der Waals surface area (Å²) in [5.74, 6) is 1.96. The second-order valence-corrected chi connectivity index (χ2v) is 9.45. The molecule has 2 saturated carbocycles. The molecular weight excluding hydrogens is 366 g/mol. The fraction of sp³-hybridized carbons (Fsp3) is 0.692. The van der Waals surface area contributed by atoms with Crippen molar-refractivity contribution in [2.45, 2.75) is 84.0 Å². The molecule has 29 heavy (non-hydrogen) atoms. The molecule has 1 aromatic rings. The summed E-state index contributed by atoms with van der Waals surface area (Å²) in [6.07, 6.45) is 14.9. The molecule has 3 unspecified atom stereocenters. The van der Waals surface area contributed by atoms with Gasteiger partial charge in [0.25, 0.3) is 0 Å². The minimum Gasteiger partial charge on any atom is -0.491 e. The molecule has 0 heterocycles. The van der Waals surface area contributed by atoms with Crippen LogP contribution in [0.4, 0.5) is 8.78 Å². The highest BCUT2D eigenvalue weighted by Gasteiger charge is 2.42. The van der Waals surface area contributed by atoms with E-state index in [1.54, 1.807) is 24.6 Å². The third kappa shape index (κ3) is 4.11. The van der Waals surface area contributed by atoms with Crippen LogP contribution < -0.4 is 4.74 Å². The Balaban J connectivity index is 1.37. The summed E-state index contributed by atoms with van der Waals surface area (Å²) in [4.78, 5) is 0. The van der Waals surface area contributed by atoms with Crippen molar-refractivity contribution in [2.75, 3.05) is 6.61 Å². The largest absolute Gasteiger partial charge is 0.491 e. The van der Waals surface area contributed by atoms with Gasteiger partial charge in [-0.15, -0.1) is 0 Å². The summed E-state index contributed by atoms with van der Waals surface area (Å²) in [5.41, 5.74) is 2.27. The van der Waals surface area contributed by atoms with Crippen molar-refractivity contribution in [1.29, 1.82) is 0 Å². The number of halogens is 2. The first kappa shape index (κ1) is 20.9. The Hall–Kier alpha value is -1.38. The molecule has 0 bridgehead atoms. The minimum atomic E-state index is -0.822. The quantitative estimate of drug-likeness (QED) is 0.423. The van der Waals surface area contributed by atoms with Gasteiger partial charge in [-0.2, -0.15) is 4.39 Å². The predicted molar refractivity (Wildman–Crippen MR) is 114 cm³/mol. The molecule has 0 saturated heterocycles. The average molecular weight is 403 g/mol. The Morgan fingerprint density at radius 2 is 1.69 bits per heavy atom. The van der Waals surface area contributed by atoms with E-state index in [0.717, 1.165) is 43.4 Å². The maximum Gasteiger partial charge on any atom is 0.200 e. The van der Waals surface area contributed by atoms with Crippen LogP contribution >= 0.6 is 0 Å². The number of unbranched alkanes of at least 4 members (excludes halogenated alkanes) is 1. The van der Waals surface area contributed by atoms with Crippen molar-refractivity contribution in [2.24, 2.45) is 23.7 Å². The molecule has 0 aromatic heterocycles. The fourth-order valence-corrected chi connectivity index (χ4v) is 6.51. The van der Waals surface area contributed by atoms with Crippen molar-refractivity contribution in [3.8, 4) is 5.75 Å². The van der Waals surface area contributed by atoms with Crippen LogP contribution in [-0.2, 0) is 0 Å². The first-order valence-electron chi connectivity index (χ1n) is 11.9. The molecule has 160 valence electrons. The lowest BCUT2D eigenvalue weighted by Gasteiger charge is -2.32. The molecule has 1 nitrogen and oxygen atoms in total. The van der Waals surface area contributed by atoms with E-state index in [4.69, 9.17) is 4.74 Å². The molecule has 0 amide bonds. The number of hydrogen-bond donors (Lipinski definition) is 0. The van der Waals surface area contributed by atoms with Crippen molar-refractivity contribution >= 4 is 0 Å². The van der Waals surface area contributed by atoms with E-state index in [1.165, 1.54) is 38.5 Å². The van der Waals surface area contributed by atoms with Gasteiger partial charge in [0.2, 0.25) is 5.82 Å². The normalized spacial score (nSPS) is 31.6. The summed E-state index contributed by atoms with van der Waals surface area (Å²) in [6.45, 7) is 4.42. The van der Waals surface area contributed by atoms with Gasteiger partial charge < -0.3 is 4.74 Å². The number of benzene rings is 1. The number of hydrogen-bond acceptors (Lipinski definition) is 1. The molecule has 3 aliphatic rings. The highest BCUT2D eigenvalue weighted by molar-refractivity contribution is 5.33. The summed E-state index contributed by atoms with van der Waals surface area (Å²) < 4.78 is 34.1. The first-order chi connectivity index (χ1) is 14.1. The smallest absolute Gasteiger partial charge is 0.200 e. The molecule has 0 spiro atoms. The molecule has 0 radical (unpaired) electrons. The Kier molecular flexibility index (Phi) is 6.61. The number of rotatable bonds is 7. The molecule has 3 heteroatoms. The van der Waals surface area contributed by atoms with Crippen LogP contribution in [0.25, 0.3) is 0 Å².